The van der Waals surface area contributed by atoms with Gasteiger partial charge in [0.25, 0.3) is 0 Å². The topological polar surface area (TPSA) is 83.6 Å². The van der Waals surface area contributed by atoms with E-state index >= 15 is 0 Å². The highest BCUT2D eigenvalue weighted by atomic mass is 16.4. The highest BCUT2D eigenvalue weighted by molar-refractivity contribution is 5.85. The first kappa shape index (κ1) is 14.0. The Kier molecular flexibility index (Phi) is 4.93. The monoisotopic (exact) mass is 242 g/mol. The molecule has 5 nitrogen and oxygen atoms in total. The normalized spacial score (nSPS) is 25.9. The molecule has 0 radical (unpaired) electrons. The minimum atomic E-state index is -0.894. The predicted molar refractivity (Wildman–Crippen MR) is 64.4 cm³/mol. The second kappa shape index (κ2) is 6.00. The summed E-state index contributed by atoms with van der Waals surface area (Å²) in [7, 11) is 0. The molecule has 1 aliphatic heterocycles. The van der Waals surface area contributed by atoms with Gasteiger partial charge in [0, 0.05) is 12.5 Å². The van der Waals surface area contributed by atoms with Crippen LogP contribution in [-0.2, 0) is 9.59 Å². The molecular weight excluding hydrogens is 220 g/mol. The highest BCUT2D eigenvalue weighted by Gasteiger charge is 2.40. The van der Waals surface area contributed by atoms with Crippen molar-refractivity contribution in [3.8, 4) is 0 Å². The van der Waals surface area contributed by atoms with Crippen LogP contribution in [0.5, 0.6) is 0 Å². The van der Waals surface area contributed by atoms with Gasteiger partial charge < -0.3 is 15.7 Å². The van der Waals surface area contributed by atoms with Gasteiger partial charge in [0.15, 0.2) is 0 Å². The number of carboxylic acids is 1. The number of aliphatic carboxylic acids is 1. The number of amides is 1. The first-order valence-electron chi connectivity index (χ1n) is 6.22. The molecule has 0 spiro atoms. The van der Waals surface area contributed by atoms with Crippen molar-refractivity contribution in [2.45, 2.75) is 39.2 Å². The molecule has 1 fully saturated rings. The van der Waals surface area contributed by atoms with Gasteiger partial charge in [0.2, 0.25) is 5.91 Å². The Hall–Kier alpha value is -1.10. The lowest BCUT2D eigenvalue weighted by Crippen LogP contribution is -2.45. The van der Waals surface area contributed by atoms with Crippen LogP contribution in [0.1, 0.15) is 33.1 Å². The van der Waals surface area contributed by atoms with E-state index in [9.17, 15) is 9.59 Å². The van der Waals surface area contributed by atoms with E-state index in [0.717, 1.165) is 19.3 Å². The summed E-state index contributed by atoms with van der Waals surface area (Å²) in [6.07, 6.45) is 2.30. The molecule has 1 rings (SSSR count). The van der Waals surface area contributed by atoms with Crippen LogP contribution in [-0.4, -0.2) is 41.0 Å². The largest absolute Gasteiger partial charge is 0.480 e. The fourth-order valence-corrected chi connectivity index (χ4v) is 2.40. The zero-order valence-electron chi connectivity index (χ0n) is 10.6. The van der Waals surface area contributed by atoms with Crippen LogP contribution in [0, 0.1) is 11.8 Å². The van der Waals surface area contributed by atoms with Crippen molar-refractivity contribution in [2.75, 3.05) is 13.1 Å². The van der Waals surface area contributed by atoms with Crippen molar-refractivity contribution >= 4 is 11.9 Å². The lowest BCUT2D eigenvalue weighted by Gasteiger charge is -2.26. The van der Waals surface area contributed by atoms with Crippen molar-refractivity contribution in [1.82, 2.24) is 4.90 Å². The standard InChI is InChI=1S/C12H22N2O3/c1-8-5-7-14(10(8)12(16)17)11(15)9(2)4-3-6-13/h8-10H,3-7,13H2,1-2H3,(H,16,17). The van der Waals surface area contributed by atoms with Gasteiger partial charge in [-0.25, -0.2) is 4.79 Å². The fraction of sp³-hybridized carbons (Fsp3) is 0.833. The highest BCUT2D eigenvalue weighted by Crippen LogP contribution is 2.26. The molecule has 1 saturated heterocycles. The third kappa shape index (κ3) is 3.19. The average molecular weight is 242 g/mol. The number of carbonyl (C=O) groups is 2. The van der Waals surface area contributed by atoms with E-state index in [4.69, 9.17) is 10.8 Å². The molecule has 3 unspecified atom stereocenters. The van der Waals surface area contributed by atoms with E-state index in [1.54, 1.807) is 0 Å². The van der Waals surface area contributed by atoms with E-state index in [2.05, 4.69) is 0 Å². The lowest BCUT2D eigenvalue weighted by atomic mass is 10.0. The van der Waals surface area contributed by atoms with Crippen LogP contribution in [0.3, 0.4) is 0 Å². The van der Waals surface area contributed by atoms with E-state index in [0.29, 0.717) is 13.1 Å². The summed E-state index contributed by atoms with van der Waals surface area (Å²) < 4.78 is 0. The minimum absolute atomic E-state index is 0.0400. The Morgan fingerprint density at radius 2 is 2.18 bits per heavy atom. The molecule has 3 atom stereocenters. The van der Waals surface area contributed by atoms with Crippen LogP contribution in [0.2, 0.25) is 0 Å². The SMILES string of the molecule is CC(CCCN)C(=O)N1CCC(C)C1C(=O)O. The Bertz CT molecular complexity index is 293. The van der Waals surface area contributed by atoms with Gasteiger partial charge >= 0.3 is 5.97 Å². The summed E-state index contributed by atoms with van der Waals surface area (Å²) in [6, 6.07) is -0.650. The molecule has 0 saturated carbocycles. The second-order valence-electron chi connectivity index (χ2n) is 4.91. The molecule has 1 heterocycles. The molecule has 17 heavy (non-hydrogen) atoms. The summed E-state index contributed by atoms with van der Waals surface area (Å²) in [5, 5.41) is 9.15. The molecule has 3 N–H and O–H groups in total. The molecule has 5 heteroatoms. The Labute approximate surface area is 102 Å². The molecule has 1 amide bonds. The van der Waals surface area contributed by atoms with E-state index in [-0.39, 0.29) is 17.7 Å². The number of hydrogen-bond donors (Lipinski definition) is 2. The van der Waals surface area contributed by atoms with E-state index in [1.165, 1.54) is 4.90 Å². The molecule has 0 aliphatic carbocycles. The van der Waals surface area contributed by atoms with Gasteiger partial charge in [-0.1, -0.05) is 13.8 Å². The molecule has 0 aromatic rings. The van der Waals surface area contributed by atoms with Crippen molar-refractivity contribution < 1.29 is 14.7 Å². The Morgan fingerprint density at radius 1 is 1.53 bits per heavy atom. The third-order valence-electron chi connectivity index (χ3n) is 3.50. The number of likely N-dealkylation sites (tertiary alicyclic amines) is 1. The number of nitrogens with zero attached hydrogens (tertiary/aromatic N) is 1. The fourth-order valence-electron chi connectivity index (χ4n) is 2.40. The summed E-state index contributed by atoms with van der Waals surface area (Å²) in [4.78, 5) is 24.8. The molecule has 0 bridgehead atoms. The number of rotatable bonds is 5. The van der Waals surface area contributed by atoms with Crippen molar-refractivity contribution in [2.24, 2.45) is 17.6 Å². The number of nitrogens with two attached hydrogens (primary N) is 1. The van der Waals surface area contributed by atoms with Crippen molar-refractivity contribution in [3.05, 3.63) is 0 Å². The van der Waals surface area contributed by atoms with Crippen LogP contribution < -0.4 is 5.73 Å². The number of carboxylic acid groups (broad SMARTS) is 1. The summed E-state index contributed by atoms with van der Waals surface area (Å²) in [5.74, 6) is -1.03. The van der Waals surface area contributed by atoms with E-state index < -0.39 is 12.0 Å². The van der Waals surface area contributed by atoms with E-state index in [1.807, 2.05) is 13.8 Å². The quantitative estimate of drug-likeness (QED) is 0.742. The molecule has 0 aromatic carbocycles. The lowest BCUT2D eigenvalue weighted by molar-refractivity contribution is -0.150. The van der Waals surface area contributed by atoms with Crippen molar-refractivity contribution in [3.63, 3.8) is 0 Å². The summed E-state index contributed by atoms with van der Waals surface area (Å²) >= 11 is 0. The Balaban J connectivity index is 2.65. The molecular formula is C12H22N2O3. The van der Waals surface area contributed by atoms with Crippen LogP contribution in [0.15, 0.2) is 0 Å². The van der Waals surface area contributed by atoms with Gasteiger partial charge in [-0.05, 0) is 31.7 Å². The average Bonchev–Trinajstić information content (AvgIpc) is 2.66. The maximum Gasteiger partial charge on any atom is 0.326 e. The van der Waals surface area contributed by atoms with Gasteiger partial charge in [0.05, 0.1) is 0 Å². The van der Waals surface area contributed by atoms with Crippen LogP contribution in [0.4, 0.5) is 0 Å². The summed E-state index contributed by atoms with van der Waals surface area (Å²) in [6.45, 7) is 4.86. The van der Waals surface area contributed by atoms with Crippen molar-refractivity contribution in [1.29, 1.82) is 0 Å². The van der Waals surface area contributed by atoms with Gasteiger partial charge in [-0.15, -0.1) is 0 Å². The Morgan fingerprint density at radius 3 is 2.71 bits per heavy atom. The first-order chi connectivity index (χ1) is 7.99. The van der Waals surface area contributed by atoms with Gasteiger partial charge in [-0.2, -0.15) is 0 Å². The minimum Gasteiger partial charge on any atom is -0.480 e. The van der Waals surface area contributed by atoms with Gasteiger partial charge in [0.1, 0.15) is 6.04 Å². The maximum atomic E-state index is 12.1. The smallest absolute Gasteiger partial charge is 0.326 e. The maximum absolute atomic E-state index is 12.1. The third-order valence-corrected chi connectivity index (χ3v) is 3.50. The molecule has 1 aliphatic rings. The second-order valence-corrected chi connectivity index (χ2v) is 4.91. The number of carbonyl (C=O) groups excluding carboxylic acids is 1. The zero-order valence-corrected chi connectivity index (χ0v) is 10.6. The van der Waals surface area contributed by atoms with Crippen LogP contribution in [0.25, 0.3) is 0 Å². The predicted octanol–water partition coefficient (Wildman–Crippen LogP) is 0.683. The van der Waals surface area contributed by atoms with Gasteiger partial charge in [-0.3, -0.25) is 4.79 Å². The summed E-state index contributed by atoms with van der Waals surface area (Å²) in [5.41, 5.74) is 5.41. The van der Waals surface area contributed by atoms with Crippen LogP contribution >= 0.6 is 0 Å². The molecule has 98 valence electrons. The number of hydrogen-bond acceptors (Lipinski definition) is 3. The molecule has 0 aromatic heterocycles. The first-order valence-corrected chi connectivity index (χ1v) is 6.22. The zero-order chi connectivity index (χ0) is 13.0.